The number of hydrogen-bond donors (Lipinski definition) is 0. The summed E-state index contributed by atoms with van der Waals surface area (Å²) in [6.45, 7) is 0. The van der Waals surface area contributed by atoms with Crippen molar-refractivity contribution in [3.8, 4) is 0 Å². The smallest absolute Gasteiger partial charge is 0.125 e. The molecule has 0 aromatic heterocycles. The predicted molar refractivity (Wildman–Crippen MR) is 106 cm³/mol. The van der Waals surface area contributed by atoms with E-state index >= 15 is 0 Å². The van der Waals surface area contributed by atoms with E-state index in [2.05, 4.69) is 60.7 Å². The van der Waals surface area contributed by atoms with Gasteiger partial charge in [0.25, 0.3) is 0 Å². The Bertz CT molecular complexity index is 780. The maximum atomic E-state index is 6.41. The van der Waals surface area contributed by atoms with Gasteiger partial charge in [0.05, 0.1) is 0 Å². The molecule has 0 amide bonds. The van der Waals surface area contributed by atoms with Gasteiger partial charge in [0.2, 0.25) is 0 Å². The molecule has 2 heteroatoms. The molecule has 1 fully saturated rings. The van der Waals surface area contributed by atoms with E-state index < -0.39 is 5.60 Å². The molecule has 26 heavy (non-hydrogen) atoms. The van der Waals surface area contributed by atoms with Crippen LogP contribution in [0, 0.1) is 0 Å². The van der Waals surface area contributed by atoms with Gasteiger partial charge in [0.1, 0.15) is 11.2 Å². The number of allylic oxidation sites excluding steroid dienone is 1. The van der Waals surface area contributed by atoms with Crippen molar-refractivity contribution < 1.29 is 9.47 Å². The molecule has 0 saturated heterocycles. The van der Waals surface area contributed by atoms with Gasteiger partial charge < -0.3 is 9.47 Å². The second-order valence-corrected chi connectivity index (χ2v) is 7.46. The van der Waals surface area contributed by atoms with Gasteiger partial charge in [-0.15, -0.1) is 0 Å². The van der Waals surface area contributed by atoms with E-state index in [1.165, 1.54) is 28.7 Å². The molecule has 1 saturated carbocycles. The highest BCUT2D eigenvalue weighted by molar-refractivity contribution is 5.73. The first kappa shape index (κ1) is 17.5. The fourth-order valence-corrected chi connectivity index (χ4v) is 5.39. The lowest BCUT2D eigenvalue weighted by Crippen LogP contribution is -2.51. The van der Waals surface area contributed by atoms with Crippen LogP contribution >= 0.6 is 0 Å². The van der Waals surface area contributed by atoms with Crippen LogP contribution in [0.15, 0.2) is 66.2 Å². The highest BCUT2D eigenvalue weighted by Crippen LogP contribution is 2.58. The minimum atomic E-state index is -0.414. The third kappa shape index (κ3) is 2.47. The van der Waals surface area contributed by atoms with Gasteiger partial charge in [-0.25, -0.2) is 0 Å². The van der Waals surface area contributed by atoms with Gasteiger partial charge >= 0.3 is 0 Å². The molecule has 2 nitrogen and oxygen atoms in total. The van der Waals surface area contributed by atoms with Gasteiger partial charge in [-0.3, -0.25) is 0 Å². The van der Waals surface area contributed by atoms with Crippen LogP contribution in [-0.4, -0.2) is 19.8 Å². The molecule has 2 aromatic rings. The monoisotopic (exact) mass is 348 g/mol. The molecule has 2 aromatic carbocycles. The Morgan fingerprint density at radius 2 is 1.31 bits per heavy atom. The Morgan fingerprint density at radius 3 is 1.96 bits per heavy atom. The summed E-state index contributed by atoms with van der Waals surface area (Å²) in [6.07, 6.45) is 6.53. The van der Waals surface area contributed by atoms with Crippen LogP contribution < -0.4 is 0 Å². The third-order valence-corrected chi connectivity index (χ3v) is 6.47. The lowest BCUT2D eigenvalue weighted by Gasteiger charge is -2.46. The molecule has 2 unspecified atom stereocenters. The molecule has 0 aliphatic heterocycles. The van der Waals surface area contributed by atoms with Crippen molar-refractivity contribution in [2.75, 3.05) is 14.2 Å². The Hall–Kier alpha value is -1.90. The minimum absolute atomic E-state index is 0.384. The first-order valence-corrected chi connectivity index (χ1v) is 9.71. The largest absolute Gasteiger partial charge is 0.370 e. The normalized spacial score (nSPS) is 28.7. The summed E-state index contributed by atoms with van der Waals surface area (Å²) in [7, 11) is 3.72. The molecule has 2 aliphatic carbocycles. The van der Waals surface area contributed by atoms with Crippen LogP contribution in [0.1, 0.15) is 49.7 Å². The lowest BCUT2D eigenvalue weighted by molar-refractivity contribution is -0.154. The van der Waals surface area contributed by atoms with Crippen molar-refractivity contribution in [1.29, 1.82) is 0 Å². The highest BCUT2D eigenvalue weighted by atomic mass is 16.6. The second kappa shape index (κ2) is 7.02. The van der Waals surface area contributed by atoms with Gasteiger partial charge in [0.15, 0.2) is 0 Å². The molecular weight excluding hydrogens is 320 g/mol. The van der Waals surface area contributed by atoms with E-state index in [0.717, 1.165) is 32.1 Å². The molecule has 2 aliphatic rings. The number of ether oxygens (including phenoxy) is 2. The maximum absolute atomic E-state index is 6.41. The second-order valence-electron chi connectivity index (χ2n) is 7.46. The van der Waals surface area contributed by atoms with Crippen LogP contribution in [-0.2, 0) is 15.1 Å². The number of rotatable bonds is 5. The summed E-state index contributed by atoms with van der Waals surface area (Å²) < 4.78 is 12.7. The number of methoxy groups -OCH3 is 2. The number of benzene rings is 2. The highest BCUT2D eigenvalue weighted by Gasteiger charge is 2.59. The maximum Gasteiger partial charge on any atom is 0.125 e. The zero-order valence-electron chi connectivity index (χ0n) is 15.8. The molecule has 0 heterocycles. The van der Waals surface area contributed by atoms with Crippen LogP contribution in [0.4, 0.5) is 0 Å². The molecule has 0 spiro atoms. The van der Waals surface area contributed by atoms with E-state index in [1.54, 1.807) is 0 Å². The number of hydrogen-bond acceptors (Lipinski definition) is 2. The molecular formula is C24H28O2. The summed E-state index contributed by atoms with van der Waals surface area (Å²) >= 11 is 0. The van der Waals surface area contributed by atoms with E-state index in [9.17, 15) is 0 Å². The Morgan fingerprint density at radius 1 is 0.692 bits per heavy atom. The topological polar surface area (TPSA) is 18.5 Å². The summed E-state index contributed by atoms with van der Waals surface area (Å²) in [5.41, 5.74) is 4.68. The zero-order chi connectivity index (χ0) is 18.0. The summed E-state index contributed by atoms with van der Waals surface area (Å²) in [5.74, 6) is 0. The molecule has 0 bridgehead atoms. The van der Waals surface area contributed by atoms with Crippen molar-refractivity contribution in [2.45, 2.75) is 49.7 Å². The van der Waals surface area contributed by atoms with E-state index in [0.29, 0.717) is 0 Å². The Kier molecular flexibility index (Phi) is 4.73. The Balaban J connectivity index is 1.91. The van der Waals surface area contributed by atoms with Crippen molar-refractivity contribution in [2.24, 2.45) is 0 Å². The van der Waals surface area contributed by atoms with E-state index in [1.807, 2.05) is 14.2 Å². The van der Waals surface area contributed by atoms with E-state index in [4.69, 9.17) is 9.47 Å². The quantitative estimate of drug-likeness (QED) is 0.686. The fraction of sp³-hybridized carbons (Fsp3) is 0.417. The van der Waals surface area contributed by atoms with Crippen LogP contribution in [0.25, 0.3) is 5.57 Å². The average Bonchev–Trinajstić information content (AvgIpc) is 3.35. The van der Waals surface area contributed by atoms with Gasteiger partial charge in [-0.2, -0.15) is 0 Å². The van der Waals surface area contributed by atoms with Crippen LogP contribution in [0.5, 0.6) is 0 Å². The SMILES string of the molecule is COC1(C2=C(c3ccccc3)CCC2)CCCC1(OC)c1ccccc1. The summed E-state index contributed by atoms with van der Waals surface area (Å²) in [6, 6.07) is 21.5. The van der Waals surface area contributed by atoms with Crippen molar-refractivity contribution >= 4 is 5.57 Å². The zero-order valence-corrected chi connectivity index (χ0v) is 15.8. The van der Waals surface area contributed by atoms with Crippen LogP contribution in [0.3, 0.4) is 0 Å². The van der Waals surface area contributed by atoms with E-state index in [-0.39, 0.29) is 5.60 Å². The molecule has 0 radical (unpaired) electrons. The first-order valence-electron chi connectivity index (χ1n) is 9.71. The van der Waals surface area contributed by atoms with Crippen molar-refractivity contribution in [3.05, 3.63) is 77.4 Å². The minimum Gasteiger partial charge on any atom is -0.370 e. The average molecular weight is 348 g/mol. The molecule has 4 rings (SSSR count). The summed E-state index contributed by atoms with van der Waals surface area (Å²) in [5, 5.41) is 0. The fourth-order valence-electron chi connectivity index (χ4n) is 5.39. The standard InChI is InChI=1S/C24H28O2/c1-25-23(20-13-7-4-8-14-20)17-10-18-24(23,26-2)22-16-9-15-21(22)19-11-5-3-6-12-19/h3-8,11-14H,9-10,15-18H2,1-2H3. The van der Waals surface area contributed by atoms with Gasteiger partial charge in [-0.05, 0) is 60.8 Å². The van der Waals surface area contributed by atoms with Crippen molar-refractivity contribution in [1.82, 2.24) is 0 Å². The molecule has 0 N–H and O–H groups in total. The molecule has 2 atom stereocenters. The lowest BCUT2D eigenvalue weighted by atomic mass is 9.73. The Labute approximate surface area is 156 Å². The summed E-state index contributed by atoms with van der Waals surface area (Å²) in [4.78, 5) is 0. The van der Waals surface area contributed by atoms with Gasteiger partial charge in [0, 0.05) is 14.2 Å². The molecule has 136 valence electrons. The van der Waals surface area contributed by atoms with Gasteiger partial charge in [-0.1, -0.05) is 60.7 Å². The van der Waals surface area contributed by atoms with Crippen molar-refractivity contribution in [3.63, 3.8) is 0 Å². The third-order valence-electron chi connectivity index (χ3n) is 6.47. The predicted octanol–water partition coefficient (Wildman–Crippen LogP) is 5.74. The van der Waals surface area contributed by atoms with Crippen LogP contribution in [0.2, 0.25) is 0 Å². The first-order chi connectivity index (χ1) is 12.8.